The highest BCUT2D eigenvalue weighted by Crippen LogP contribution is 2.34. The van der Waals surface area contributed by atoms with Gasteiger partial charge in [0.25, 0.3) is 0 Å². The highest BCUT2D eigenvalue weighted by Gasteiger charge is 2.24. The summed E-state index contributed by atoms with van der Waals surface area (Å²) in [6.45, 7) is 3.16. The van der Waals surface area contributed by atoms with Crippen LogP contribution < -0.4 is 16.8 Å². The minimum Gasteiger partial charge on any atom is -0.397 e. The number of anilines is 3. The topological polar surface area (TPSA) is 84.4 Å². The molecule has 1 unspecified atom stereocenters. The molecule has 5 nitrogen and oxygen atoms in total. The van der Waals surface area contributed by atoms with Crippen LogP contribution in [0.2, 0.25) is 5.02 Å². The molecule has 5 N–H and O–H groups in total. The van der Waals surface area contributed by atoms with E-state index in [1.54, 1.807) is 11.8 Å². The number of piperidine rings is 1. The second-order valence-electron chi connectivity index (χ2n) is 5.31. The molecule has 1 atom stereocenters. The molecule has 0 saturated carbocycles. The zero-order valence-electron chi connectivity index (χ0n) is 12.0. The Balaban J connectivity index is 2.14. The van der Waals surface area contributed by atoms with Gasteiger partial charge >= 0.3 is 0 Å². The van der Waals surface area contributed by atoms with Crippen LogP contribution in [0.3, 0.4) is 0 Å². The minimum atomic E-state index is -0.729. The number of carbonyl (C=O) groups excluding carboxylic acids is 1. The lowest BCUT2D eigenvalue weighted by Crippen LogP contribution is -2.44. The molecule has 1 aliphatic rings. The molecule has 1 fully saturated rings. The molecule has 1 aliphatic heterocycles. The van der Waals surface area contributed by atoms with Crippen molar-refractivity contribution < 1.29 is 9.18 Å². The molecule has 0 radical (unpaired) electrons. The maximum absolute atomic E-state index is 14.1. The number of carbonyl (C=O) groups is 1. The summed E-state index contributed by atoms with van der Waals surface area (Å²) in [7, 11) is 0. The standard InChI is InChI=1S/C14H20ClFN4O/c1-8(14(21)20-5-3-2-4-6-20)19-13-10(18)7-9(17)11(15)12(13)16/h7-8,19H,2-6,17-18H2,1H3. The molecular formula is C14H20ClFN4O. The Kier molecular flexibility index (Phi) is 4.77. The van der Waals surface area contributed by atoms with Crippen LogP contribution >= 0.6 is 11.6 Å². The molecule has 0 aliphatic carbocycles. The first kappa shape index (κ1) is 15.7. The molecule has 1 aromatic carbocycles. The molecule has 0 aromatic heterocycles. The van der Waals surface area contributed by atoms with Gasteiger partial charge in [0.05, 0.1) is 17.1 Å². The van der Waals surface area contributed by atoms with E-state index in [4.69, 9.17) is 23.1 Å². The molecule has 1 amide bonds. The summed E-state index contributed by atoms with van der Waals surface area (Å²) in [5, 5.41) is 2.62. The van der Waals surface area contributed by atoms with Crippen molar-refractivity contribution in [1.29, 1.82) is 0 Å². The van der Waals surface area contributed by atoms with Crippen LogP contribution in [0.25, 0.3) is 0 Å². The lowest BCUT2D eigenvalue weighted by atomic mass is 10.1. The smallest absolute Gasteiger partial charge is 0.244 e. The number of nitrogens with zero attached hydrogens (tertiary/aromatic N) is 1. The van der Waals surface area contributed by atoms with Crippen molar-refractivity contribution in [2.75, 3.05) is 29.9 Å². The van der Waals surface area contributed by atoms with Gasteiger partial charge in [0, 0.05) is 13.1 Å². The predicted molar refractivity (Wildman–Crippen MR) is 83.8 cm³/mol. The van der Waals surface area contributed by atoms with Crippen LogP contribution in [0.4, 0.5) is 21.5 Å². The second kappa shape index (κ2) is 6.39. The van der Waals surface area contributed by atoms with Gasteiger partial charge in [-0.2, -0.15) is 0 Å². The molecule has 1 saturated heterocycles. The molecule has 0 spiro atoms. The van der Waals surface area contributed by atoms with Gasteiger partial charge in [0.1, 0.15) is 11.1 Å². The predicted octanol–water partition coefficient (Wildman–Crippen LogP) is 2.46. The number of nitrogen functional groups attached to an aromatic ring is 2. The van der Waals surface area contributed by atoms with Crippen LogP contribution in [0, 0.1) is 5.82 Å². The van der Waals surface area contributed by atoms with Crippen LogP contribution in [-0.2, 0) is 4.79 Å². The van der Waals surface area contributed by atoms with Crippen LogP contribution in [0.1, 0.15) is 26.2 Å². The fraction of sp³-hybridized carbons (Fsp3) is 0.500. The number of rotatable bonds is 3. The number of halogens is 2. The Hall–Kier alpha value is -1.69. The van der Waals surface area contributed by atoms with Crippen molar-refractivity contribution in [2.45, 2.75) is 32.2 Å². The number of nitrogens with one attached hydrogen (secondary N) is 1. The van der Waals surface area contributed by atoms with Crippen molar-refractivity contribution >= 4 is 34.6 Å². The Morgan fingerprint density at radius 3 is 2.57 bits per heavy atom. The SMILES string of the molecule is CC(Nc1c(N)cc(N)c(Cl)c1F)C(=O)N1CCCCC1. The Morgan fingerprint density at radius 2 is 1.95 bits per heavy atom. The van der Waals surface area contributed by atoms with E-state index in [0.717, 1.165) is 32.4 Å². The van der Waals surface area contributed by atoms with Crippen molar-refractivity contribution in [3.05, 3.63) is 16.9 Å². The number of hydrogen-bond acceptors (Lipinski definition) is 4. The third-order valence-electron chi connectivity index (χ3n) is 3.66. The molecule has 0 bridgehead atoms. The third kappa shape index (κ3) is 3.32. The third-order valence-corrected chi connectivity index (χ3v) is 4.05. The fourth-order valence-corrected chi connectivity index (χ4v) is 2.63. The first-order chi connectivity index (χ1) is 9.91. The highest BCUT2D eigenvalue weighted by atomic mass is 35.5. The lowest BCUT2D eigenvalue weighted by Gasteiger charge is -2.30. The van der Waals surface area contributed by atoms with E-state index in [9.17, 15) is 9.18 Å². The normalized spacial score (nSPS) is 16.6. The van der Waals surface area contributed by atoms with Gasteiger partial charge in [-0.15, -0.1) is 0 Å². The van der Waals surface area contributed by atoms with Gasteiger partial charge in [-0.1, -0.05) is 11.6 Å². The van der Waals surface area contributed by atoms with E-state index in [1.807, 2.05) is 0 Å². The molecule has 1 aromatic rings. The summed E-state index contributed by atoms with van der Waals surface area (Å²) < 4.78 is 14.1. The van der Waals surface area contributed by atoms with E-state index in [0.29, 0.717) is 0 Å². The molecule has 7 heteroatoms. The maximum atomic E-state index is 14.1. The van der Waals surface area contributed by atoms with Crippen molar-refractivity contribution in [1.82, 2.24) is 4.90 Å². The van der Waals surface area contributed by atoms with E-state index >= 15 is 0 Å². The van der Waals surface area contributed by atoms with Crippen molar-refractivity contribution in [3.63, 3.8) is 0 Å². The molecular weight excluding hydrogens is 295 g/mol. The van der Waals surface area contributed by atoms with E-state index in [2.05, 4.69) is 5.32 Å². The lowest BCUT2D eigenvalue weighted by molar-refractivity contribution is -0.132. The molecule has 21 heavy (non-hydrogen) atoms. The molecule has 1 heterocycles. The van der Waals surface area contributed by atoms with Crippen LogP contribution in [0.15, 0.2) is 6.07 Å². The molecule has 116 valence electrons. The van der Waals surface area contributed by atoms with Crippen molar-refractivity contribution in [3.8, 4) is 0 Å². The number of benzene rings is 1. The van der Waals surface area contributed by atoms with Gasteiger partial charge in [-0.25, -0.2) is 4.39 Å². The highest BCUT2D eigenvalue weighted by molar-refractivity contribution is 6.33. The summed E-state index contributed by atoms with van der Waals surface area (Å²) in [6, 6.07) is 0.797. The molecule has 2 rings (SSSR count). The van der Waals surface area contributed by atoms with Gasteiger partial charge in [-0.3, -0.25) is 4.79 Å². The Labute approximate surface area is 128 Å². The first-order valence-corrected chi connectivity index (χ1v) is 7.38. The largest absolute Gasteiger partial charge is 0.397 e. The summed E-state index contributed by atoms with van der Waals surface area (Å²) in [5.41, 5.74) is 11.5. The zero-order chi connectivity index (χ0) is 15.6. The summed E-state index contributed by atoms with van der Waals surface area (Å²) >= 11 is 5.78. The maximum Gasteiger partial charge on any atom is 0.244 e. The van der Waals surface area contributed by atoms with Gasteiger partial charge in [-0.05, 0) is 32.3 Å². The fourth-order valence-electron chi connectivity index (χ4n) is 2.48. The van der Waals surface area contributed by atoms with E-state index < -0.39 is 11.9 Å². The summed E-state index contributed by atoms with van der Waals surface area (Å²) in [4.78, 5) is 14.1. The van der Waals surface area contributed by atoms with Crippen LogP contribution in [0.5, 0.6) is 0 Å². The number of hydrogen-bond donors (Lipinski definition) is 3. The quantitative estimate of drug-likeness (QED) is 0.748. The number of nitrogens with two attached hydrogens (primary N) is 2. The van der Waals surface area contributed by atoms with Gasteiger partial charge < -0.3 is 21.7 Å². The summed E-state index contributed by atoms with van der Waals surface area (Å²) in [5.74, 6) is -0.797. The van der Waals surface area contributed by atoms with E-state index in [-0.39, 0.29) is 28.0 Å². The van der Waals surface area contributed by atoms with E-state index in [1.165, 1.54) is 6.07 Å². The van der Waals surface area contributed by atoms with Crippen LogP contribution in [-0.4, -0.2) is 29.9 Å². The Bertz CT molecular complexity index is 546. The summed E-state index contributed by atoms with van der Waals surface area (Å²) in [6.07, 6.45) is 3.14. The minimum absolute atomic E-state index is 0.0204. The first-order valence-electron chi connectivity index (χ1n) is 7.00. The van der Waals surface area contributed by atoms with Gasteiger partial charge in [0.15, 0.2) is 5.82 Å². The number of likely N-dealkylation sites (tertiary alicyclic amines) is 1. The monoisotopic (exact) mass is 314 g/mol. The number of amides is 1. The second-order valence-corrected chi connectivity index (χ2v) is 5.69. The average molecular weight is 315 g/mol. The average Bonchev–Trinajstić information content (AvgIpc) is 2.49. The van der Waals surface area contributed by atoms with Crippen molar-refractivity contribution in [2.24, 2.45) is 0 Å². The Morgan fingerprint density at radius 1 is 1.33 bits per heavy atom. The van der Waals surface area contributed by atoms with Gasteiger partial charge in [0.2, 0.25) is 5.91 Å². The zero-order valence-corrected chi connectivity index (χ0v) is 12.7.